The van der Waals surface area contributed by atoms with Gasteiger partial charge in [0, 0.05) is 12.2 Å². The van der Waals surface area contributed by atoms with Crippen molar-refractivity contribution in [1.29, 1.82) is 0 Å². The topological polar surface area (TPSA) is 37.8 Å². The molecule has 2 rings (SSSR count). The van der Waals surface area contributed by atoms with Gasteiger partial charge in [0.15, 0.2) is 0 Å². The Bertz CT molecular complexity index is 372. The molecule has 0 radical (unpaired) electrons. The van der Waals surface area contributed by atoms with Crippen molar-refractivity contribution in [3.05, 3.63) is 16.0 Å². The van der Waals surface area contributed by atoms with Crippen molar-refractivity contribution < 1.29 is 0 Å². The van der Waals surface area contributed by atoms with Crippen LogP contribution in [0.5, 0.6) is 0 Å². The molecular formula is C11H15BrClN3. The highest BCUT2D eigenvalue weighted by molar-refractivity contribution is 9.10. The van der Waals surface area contributed by atoms with Crippen molar-refractivity contribution in [3.8, 4) is 0 Å². The van der Waals surface area contributed by atoms with Crippen LogP contribution in [0.3, 0.4) is 0 Å². The van der Waals surface area contributed by atoms with Gasteiger partial charge in [-0.25, -0.2) is 4.98 Å². The van der Waals surface area contributed by atoms with E-state index in [0.717, 1.165) is 10.3 Å². The first-order chi connectivity index (χ1) is 7.66. The molecule has 5 heteroatoms. The van der Waals surface area contributed by atoms with Crippen LogP contribution in [-0.2, 0) is 0 Å². The molecule has 0 saturated heterocycles. The van der Waals surface area contributed by atoms with Gasteiger partial charge in [0.25, 0.3) is 0 Å². The molecule has 16 heavy (non-hydrogen) atoms. The fourth-order valence-electron chi connectivity index (χ4n) is 2.15. The van der Waals surface area contributed by atoms with Crippen molar-refractivity contribution in [1.82, 2.24) is 9.97 Å². The quantitative estimate of drug-likeness (QED) is 0.843. The molecule has 1 heterocycles. The number of halogens is 2. The zero-order valence-electron chi connectivity index (χ0n) is 9.21. The molecule has 1 aromatic rings. The van der Waals surface area contributed by atoms with E-state index in [0.29, 0.717) is 12.0 Å². The standard InChI is InChI=1S/C11H15BrClN3/c1-7-4-2-3-5-9(7)15-10-8(12)6-14-11(13)16-10/h6-7,9H,2-5H2,1H3,(H,14,15,16). The molecule has 1 fully saturated rings. The number of nitrogens with zero attached hydrogens (tertiary/aromatic N) is 2. The van der Waals surface area contributed by atoms with E-state index in [1.807, 2.05) is 0 Å². The molecule has 1 aliphatic carbocycles. The molecule has 2 unspecified atom stereocenters. The summed E-state index contributed by atoms with van der Waals surface area (Å²) in [6.07, 6.45) is 6.80. The van der Waals surface area contributed by atoms with Crippen LogP contribution in [-0.4, -0.2) is 16.0 Å². The Kier molecular flexibility index (Phi) is 4.03. The SMILES string of the molecule is CC1CCCCC1Nc1nc(Cl)ncc1Br. The van der Waals surface area contributed by atoms with E-state index < -0.39 is 0 Å². The van der Waals surface area contributed by atoms with Gasteiger partial charge in [0.1, 0.15) is 5.82 Å². The van der Waals surface area contributed by atoms with Gasteiger partial charge in [0.2, 0.25) is 5.28 Å². The predicted molar refractivity (Wildman–Crippen MR) is 69.8 cm³/mol. The van der Waals surface area contributed by atoms with Gasteiger partial charge < -0.3 is 5.32 Å². The number of aromatic nitrogens is 2. The summed E-state index contributed by atoms with van der Waals surface area (Å²) < 4.78 is 0.870. The summed E-state index contributed by atoms with van der Waals surface area (Å²) in [6.45, 7) is 2.29. The molecule has 0 spiro atoms. The lowest BCUT2D eigenvalue weighted by Crippen LogP contribution is -2.30. The van der Waals surface area contributed by atoms with Gasteiger partial charge in [-0.1, -0.05) is 19.8 Å². The van der Waals surface area contributed by atoms with Crippen LogP contribution in [0.1, 0.15) is 32.6 Å². The predicted octanol–water partition coefficient (Wildman–Crippen LogP) is 3.88. The van der Waals surface area contributed by atoms with E-state index in [1.54, 1.807) is 6.20 Å². The van der Waals surface area contributed by atoms with Crippen LogP contribution in [0.2, 0.25) is 5.28 Å². The van der Waals surface area contributed by atoms with Gasteiger partial charge in [-0.3, -0.25) is 0 Å². The number of hydrogen-bond acceptors (Lipinski definition) is 3. The Balaban J connectivity index is 2.10. The first kappa shape index (κ1) is 12.1. The van der Waals surface area contributed by atoms with E-state index in [-0.39, 0.29) is 5.28 Å². The second-order valence-corrected chi connectivity index (χ2v) is 5.54. The highest BCUT2D eigenvalue weighted by atomic mass is 79.9. The third kappa shape index (κ3) is 2.86. The van der Waals surface area contributed by atoms with Gasteiger partial charge in [-0.15, -0.1) is 0 Å². The molecule has 1 saturated carbocycles. The van der Waals surface area contributed by atoms with E-state index in [4.69, 9.17) is 11.6 Å². The van der Waals surface area contributed by atoms with Crippen molar-refractivity contribution in [2.75, 3.05) is 5.32 Å². The maximum absolute atomic E-state index is 5.79. The summed E-state index contributed by atoms with van der Waals surface area (Å²) in [5, 5.41) is 3.74. The zero-order chi connectivity index (χ0) is 11.5. The van der Waals surface area contributed by atoms with E-state index >= 15 is 0 Å². The Morgan fingerprint density at radius 1 is 1.44 bits per heavy atom. The minimum absolute atomic E-state index is 0.286. The molecule has 2 atom stereocenters. The number of nitrogens with one attached hydrogen (secondary N) is 1. The maximum atomic E-state index is 5.79. The summed E-state index contributed by atoms with van der Waals surface area (Å²) >= 11 is 9.22. The Morgan fingerprint density at radius 2 is 2.19 bits per heavy atom. The van der Waals surface area contributed by atoms with E-state index in [1.165, 1.54) is 25.7 Å². The molecule has 3 nitrogen and oxygen atoms in total. The normalized spacial score (nSPS) is 25.4. The monoisotopic (exact) mass is 303 g/mol. The van der Waals surface area contributed by atoms with Gasteiger partial charge in [-0.05, 0) is 46.3 Å². The molecule has 1 aromatic heterocycles. The molecule has 0 aliphatic heterocycles. The molecular weight excluding hydrogens is 289 g/mol. The first-order valence-electron chi connectivity index (χ1n) is 5.61. The number of rotatable bonds is 2. The Morgan fingerprint density at radius 3 is 2.94 bits per heavy atom. The van der Waals surface area contributed by atoms with Crippen molar-refractivity contribution in [2.24, 2.45) is 5.92 Å². The van der Waals surface area contributed by atoms with E-state index in [9.17, 15) is 0 Å². The van der Waals surface area contributed by atoms with Gasteiger partial charge in [-0.2, -0.15) is 4.98 Å². The maximum Gasteiger partial charge on any atom is 0.224 e. The van der Waals surface area contributed by atoms with Gasteiger partial charge >= 0.3 is 0 Å². The van der Waals surface area contributed by atoms with Crippen LogP contribution in [0.15, 0.2) is 10.7 Å². The van der Waals surface area contributed by atoms with E-state index in [2.05, 4.69) is 38.1 Å². The summed E-state index contributed by atoms with van der Waals surface area (Å²) in [7, 11) is 0. The Hall–Kier alpha value is -0.350. The molecule has 0 aromatic carbocycles. The average molecular weight is 305 g/mol. The first-order valence-corrected chi connectivity index (χ1v) is 6.78. The zero-order valence-corrected chi connectivity index (χ0v) is 11.6. The smallest absolute Gasteiger partial charge is 0.224 e. The van der Waals surface area contributed by atoms with Crippen molar-refractivity contribution in [3.63, 3.8) is 0 Å². The van der Waals surface area contributed by atoms with Crippen LogP contribution < -0.4 is 5.32 Å². The van der Waals surface area contributed by atoms with Crippen LogP contribution >= 0.6 is 27.5 Å². The fourth-order valence-corrected chi connectivity index (χ4v) is 2.59. The minimum atomic E-state index is 0.286. The van der Waals surface area contributed by atoms with Crippen LogP contribution in [0.4, 0.5) is 5.82 Å². The summed E-state index contributed by atoms with van der Waals surface area (Å²) in [5.41, 5.74) is 0. The summed E-state index contributed by atoms with van der Waals surface area (Å²) in [6, 6.07) is 0.496. The molecule has 1 N–H and O–H groups in total. The number of hydrogen-bond donors (Lipinski definition) is 1. The lowest BCUT2D eigenvalue weighted by Gasteiger charge is -2.30. The lowest BCUT2D eigenvalue weighted by atomic mass is 9.86. The summed E-state index contributed by atoms with van der Waals surface area (Å²) in [4.78, 5) is 8.12. The van der Waals surface area contributed by atoms with Gasteiger partial charge in [0.05, 0.1) is 4.47 Å². The molecule has 0 bridgehead atoms. The third-order valence-corrected chi connectivity index (χ3v) is 3.91. The van der Waals surface area contributed by atoms with Crippen molar-refractivity contribution in [2.45, 2.75) is 38.6 Å². The third-order valence-electron chi connectivity index (χ3n) is 3.15. The largest absolute Gasteiger partial charge is 0.366 e. The average Bonchev–Trinajstić information content (AvgIpc) is 2.27. The Labute approximate surface area is 109 Å². The second kappa shape index (κ2) is 5.32. The molecule has 0 amide bonds. The summed E-state index contributed by atoms with van der Waals surface area (Å²) in [5.74, 6) is 1.49. The second-order valence-electron chi connectivity index (χ2n) is 4.35. The molecule has 1 aliphatic rings. The van der Waals surface area contributed by atoms with Crippen molar-refractivity contribution >= 4 is 33.3 Å². The highest BCUT2D eigenvalue weighted by Gasteiger charge is 2.22. The fraction of sp³-hybridized carbons (Fsp3) is 0.636. The lowest BCUT2D eigenvalue weighted by molar-refractivity contribution is 0.349. The molecule has 88 valence electrons. The minimum Gasteiger partial charge on any atom is -0.366 e. The number of anilines is 1. The van der Waals surface area contributed by atoms with Crippen LogP contribution in [0, 0.1) is 5.92 Å². The highest BCUT2D eigenvalue weighted by Crippen LogP contribution is 2.29. The van der Waals surface area contributed by atoms with Crippen LogP contribution in [0.25, 0.3) is 0 Å².